The predicted molar refractivity (Wildman–Crippen MR) is 111 cm³/mol. The van der Waals surface area contributed by atoms with Crippen LogP contribution in [0.25, 0.3) is 0 Å². The van der Waals surface area contributed by atoms with Crippen molar-refractivity contribution in [1.82, 2.24) is 30.0 Å². The van der Waals surface area contributed by atoms with E-state index in [1.54, 1.807) is 33.8 Å². The number of rotatable bonds is 6. The van der Waals surface area contributed by atoms with Gasteiger partial charge in [-0.1, -0.05) is 18.2 Å². The van der Waals surface area contributed by atoms with Crippen molar-refractivity contribution in [3.8, 4) is 0 Å². The van der Waals surface area contributed by atoms with E-state index >= 15 is 0 Å². The molecule has 2 aliphatic heterocycles. The van der Waals surface area contributed by atoms with Crippen LogP contribution in [0.5, 0.6) is 0 Å². The molecule has 168 valence electrons. The van der Waals surface area contributed by atoms with Gasteiger partial charge in [-0.15, -0.1) is 5.10 Å². The normalized spacial score (nSPS) is 20.5. The molecule has 0 unspecified atom stereocenters. The Morgan fingerprint density at radius 2 is 2.00 bits per heavy atom. The number of benzene rings is 1. The topological polar surface area (TPSA) is 89.5 Å². The summed E-state index contributed by atoms with van der Waals surface area (Å²) in [6, 6.07) is 9.61. The fourth-order valence-corrected chi connectivity index (χ4v) is 4.45. The van der Waals surface area contributed by atoms with Crippen LogP contribution >= 0.6 is 0 Å². The van der Waals surface area contributed by atoms with E-state index in [1.165, 1.54) is 12.3 Å². The molecule has 2 aromatic heterocycles. The number of nitrogens with zero attached hydrogens (tertiary/aromatic N) is 6. The molecule has 0 bridgehead atoms. The highest BCUT2D eigenvalue weighted by atomic mass is 19.1. The van der Waals surface area contributed by atoms with E-state index in [4.69, 9.17) is 9.15 Å². The lowest BCUT2D eigenvalue weighted by Gasteiger charge is -2.38. The minimum atomic E-state index is -0.464. The van der Waals surface area contributed by atoms with Crippen molar-refractivity contribution in [2.45, 2.75) is 31.5 Å². The summed E-state index contributed by atoms with van der Waals surface area (Å²) < 4.78 is 27.6. The number of ether oxygens (including phenoxy) is 1. The molecule has 2 fully saturated rings. The molecule has 5 rings (SSSR count). The Kier molecular flexibility index (Phi) is 5.95. The molecule has 4 heterocycles. The quantitative estimate of drug-likeness (QED) is 0.580. The fourth-order valence-electron chi connectivity index (χ4n) is 4.45. The predicted octanol–water partition coefficient (Wildman–Crippen LogP) is 2.13. The highest BCUT2D eigenvalue weighted by Crippen LogP contribution is 2.30. The first-order valence-corrected chi connectivity index (χ1v) is 10.9. The zero-order valence-electron chi connectivity index (χ0n) is 17.6. The van der Waals surface area contributed by atoms with Crippen LogP contribution in [0.4, 0.5) is 4.39 Å². The second-order valence-corrected chi connectivity index (χ2v) is 8.08. The molecule has 2 saturated heterocycles. The Morgan fingerprint density at radius 3 is 2.72 bits per heavy atom. The maximum absolute atomic E-state index is 14.9. The maximum atomic E-state index is 14.9. The summed E-state index contributed by atoms with van der Waals surface area (Å²) in [6.45, 7) is 3.38. The average molecular weight is 440 g/mol. The molecule has 0 N–H and O–H groups in total. The van der Waals surface area contributed by atoms with E-state index in [9.17, 15) is 9.18 Å². The largest absolute Gasteiger partial charge is 0.459 e. The number of amides is 1. The van der Waals surface area contributed by atoms with Gasteiger partial charge in [-0.2, -0.15) is 0 Å². The zero-order chi connectivity index (χ0) is 21.9. The van der Waals surface area contributed by atoms with E-state index in [0.717, 1.165) is 19.4 Å². The lowest BCUT2D eigenvalue weighted by molar-refractivity contribution is 0.0548. The minimum Gasteiger partial charge on any atom is -0.459 e. The van der Waals surface area contributed by atoms with Crippen molar-refractivity contribution in [3.63, 3.8) is 0 Å². The molecule has 32 heavy (non-hydrogen) atoms. The van der Waals surface area contributed by atoms with Crippen molar-refractivity contribution in [3.05, 3.63) is 65.6 Å². The molecule has 2 aliphatic rings. The monoisotopic (exact) mass is 440 g/mol. The van der Waals surface area contributed by atoms with Crippen LogP contribution in [0, 0.1) is 5.82 Å². The summed E-state index contributed by atoms with van der Waals surface area (Å²) in [5, 5.41) is 12.4. The number of tetrazole rings is 1. The molecule has 0 aliphatic carbocycles. The lowest BCUT2D eigenvalue weighted by atomic mass is 10.0. The summed E-state index contributed by atoms with van der Waals surface area (Å²) >= 11 is 0. The molecule has 9 nitrogen and oxygen atoms in total. The minimum absolute atomic E-state index is 0.0567. The standard InChI is InChI=1S/C22H25FN6O3/c23-18-7-2-1-6-17(18)20(21-24-25-26-29(21)15-16-5-3-13-31-16)27-9-11-28(12-10-27)22(30)19-8-4-14-32-19/h1-2,4,6-8,14,16,20H,3,5,9-13,15H2/t16-,20-/m0/s1. The molecule has 0 saturated carbocycles. The molecule has 1 amide bonds. The molecule has 2 atom stereocenters. The van der Waals surface area contributed by atoms with E-state index in [-0.39, 0.29) is 17.8 Å². The molecular formula is C22H25FN6O3. The van der Waals surface area contributed by atoms with Gasteiger partial charge in [-0.3, -0.25) is 9.69 Å². The van der Waals surface area contributed by atoms with Crippen LogP contribution in [-0.4, -0.2) is 74.8 Å². The third-order valence-corrected chi connectivity index (χ3v) is 6.10. The van der Waals surface area contributed by atoms with Gasteiger partial charge in [0.25, 0.3) is 5.91 Å². The highest BCUT2D eigenvalue weighted by Gasteiger charge is 2.34. The number of piperazine rings is 1. The summed E-state index contributed by atoms with van der Waals surface area (Å²) in [6.07, 6.45) is 3.52. The molecule has 3 aromatic rings. The van der Waals surface area contributed by atoms with Gasteiger partial charge in [0.1, 0.15) is 11.9 Å². The van der Waals surface area contributed by atoms with Crippen molar-refractivity contribution >= 4 is 5.91 Å². The van der Waals surface area contributed by atoms with Crippen LogP contribution in [-0.2, 0) is 11.3 Å². The molecule has 0 radical (unpaired) electrons. The van der Waals surface area contributed by atoms with Crippen LogP contribution in [0.2, 0.25) is 0 Å². The Balaban J connectivity index is 1.39. The second-order valence-electron chi connectivity index (χ2n) is 8.08. The average Bonchev–Trinajstić information content (AvgIpc) is 3.60. The molecule has 0 spiro atoms. The lowest BCUT2D eigenvalue weighted by Crippen LogP contribution is -2.50. The SMILES string of the molecule is O=C(c1ccco1)N1CCN([C@@H](c2ccccc2F)c2nnnn2C[C@@H]2CCCO2)CC1. The van der Waals surface area contributed by atoms with E-state index < -0.39 is 6.04 Å². The van der Waals surface area contributed by atoms with Crippen LogP contribution in [0.1, 0.15) is 40.8 Å². The van der Waals surface area contributed by atoms with Crippen LogP contribution in [0.15, 0.2) is 47.1 Å². The first-order valence-electron chi connectivity index (χ1n) is 10.9. The smallest absolute Gasteiger partial charge is 0.289 e. The van der Waals surface area contributed by atoms with Gasteiger partial charge >= 0.3 is 0 Å². The Hall–Kier alpha value is -3.11. The van der Waals surface area contributed by atoms with Gasteiger partial charge in [0, 0.05) is 38.3 Å². The first kappa shape index (κ1) is 20.8. The number of aromatic nitrogens is 4. The number of halogens is 1. The van der Waals surface area contributed by atoms with Crippen molar-refractivity contribution in [1.29, 1.82) is 0 Å². The van der Waals surface area contributed by atoms with E-state index in [0.29, 0.717) is 49.9 Å². The van der Waals surface area contributed by atoms with Gasteiger partial charge in [-0.25, -0.2) is 9.07 Å². The van der Waals surface area contributed by atoms with Gasteiger partial charge in [-0.05, 0) is 41.5 Å². The maximum Gasteiger partial charge on any atom is 0.289 e. The van der Waals surface area contributed by atoms with Crippen LogP contribution in [0.3, 0.4) is 0 Å². The van der Waals surface area contributed by atoms with E-state index in [1.807, 2.05) is 6.07 Å². The van der Waals surface area contributed by atoms with E-state index in [2.05, 4.69) is 20.4 Å². The number of hydrogen-bond acceptors (Lipinski definition) is 7. The summed E-state index contributed by atoms with van der Waals surface area (Å²) in [5.41, 5.74) is 0.515. The van der Waals surface area contributed by atoms with Gasteiger partial charge in [0.05, 0.1) is 18.9 Å². The summed E-state index contributed by atoms with van der Waals surface area (Å²) in [7, 11) is 0. The number of hydrogen-bond donors (Lipinski definition) is 0. The molecule has 1 aromatic carbocycles. The molecule has 10 heteroatoms. The van der Waals surface area contributed by atoms with Crippen LogP contribution < -0.4 is 0 Å². The second kappa shape index (κ2) is 9.17. The van der Waals surface area contributed by atoms with Gasteiger partial charge in [0.2, 0.25) is 0 Å². The zero-order valence-corrected chi connectivity index (χ0v) is 17.6. The van der Waals surface area contributed by atoms with Gasteiger partial charge < -0.3 is 14.1 Å². The van der Waals surface area contributed by atoms with Crippen molar-refractivity contribution in [2.24, 2.45) is 0 Å². The summed E-state index contributed by atoms with van der Waals surface area (Å²) in [5.74, 6) is 0.458. The summed E-state index contributed by atoms with van der Waals surface area (Å²) in [4.78, 5) is 16.5. The first-order chi connectivity index (χ1) is 15.7. The Bertz CT molecular complexity index is 1040. The molecular weight excluding hydrogens is 415 g/mol. The number of furan rings is 1. The number of carbonyl (C=O) groups excluding carboxylic acids is 1. The van der Waals surface area contributed by atoms with Gasteiger partial charge in [0.15, 0.2) is 11.6 Å². The number of carbonyl (C=O) groups is 1. The third kappa shape index (κ3) is 4.15. The Morgan fingerprint density at radius 1 is 1.16 bits per heavy atom. The van der Waals surface area contributed by atoms with Crippen molar-refractivity contribution in [2.75, 3.05) is 32.8 Å². The fraction of sp³-hybridized carbons (Fsp3) is 0.455. The highest BCUT2D eigenvalue weighted by molar-refractivity contribution is 5.91. The third-order valence-electron chi connectivity index (χ3n) is 6.10. The Labute approximate surface area is 184 Å². The van der Waals surface area contributed by atoms with Crippen molar-refractivity contribution < 1.29 is 18.3 Å².